The fourth-order valence-corrected chi connectivity index (χ4v) is 6.22. The van der Waals surface area contributed by atoms with Gasteiger partial charge in [-0.3, -0.25) is 15.0 Å². The van der Waals surface area contributed by atoms with Crippen LogP contribution in [0.15, 0.2) is 0 Å². The molecule has 1 aliphatic heterocycles. The van der Waals surface area contributed by atoms with Gasteiger partial charge >= 0.3 is 6.09 Å². The van der Waals surface area contributed by atoms with Crippen LogP contribution in [0, 0.1) is 17.2 Å². The first-order valence-corrected chi connectivity index (χ1v) is 14.5. The van der Waals surface area contributed by atoms with Crippen molar-refractivity contribution in [2.24, 2.45) is 17.6 Å². The number of hydrogen-bond acceptors (Lipinski definition) is 6. The second kappa shape index (κ2) is 14.1. The molecule has 3 amide bonds. The lowest BCUT2D eigenvalue weighted by Crippen LogP contribution is -2.60. The maximum atomic E-state index is 14.0. The minimum Gasteiger partial charge on any atom is -0.447 e. The number of amidine groups is 1. The molecule has 0 spiro atoms. The summed E-state index contributed by atoms with van der Waals surface area (Å²) >= 11 is 1.62. The number of ether oxygens (including phenoxy) is 1. The van der Waals surface area contributed by atoms with Gasteiger partial charge in [-0.2, -0.15) is 11.8 Å². The summed E-state index contributed by atoms with van der Waals surface area (Å²) in [5.74, 6) is 0.333. The van der Waals surface area contributed by atoms with Gasteiger partial charge in [0.2, 0.25) is 11.8 Å². The number of likely N-dealkylation sites (tertiary alicyclic amines) is 1. The smallest absolute Gasteiger partial charge is 0.408 e. The third-order valence-electron chi connectivity index (χ3n) is 7.14. The fourth-order valence-electron chi connectivity index (χ4n) is 4.93. The number of carbonyl (C=O) groups is 3. The summed E-state index contributed by atoms with van der Waals surface area (Å²) in [6.07, 6.45) is 7.18. The maximum Gasteiger partial charge on any atom is 0.408 e. The molecule has 2 aliphatic rings. The van der Waals surface area contributed by atoms with Gasteiger partial charge in [-0.1, -0.05) is 32.6 Å². The van der Waals surface area contributed by atoms with Crippen molar-refractivity contribution in [1.82, 2.24) is 15.5 Å². The van der Waals surface area contributed by atoms with E-state index in [9.17, 15) is 14.4 Å². The fraction of sp³-hybridized carbons (Fsp3) is 0.846. The highest BCUT2D eigenvalue weighted by atomic mass is 32.2. The van der Waals surface area contributed by atoms with E-state index < -0.39 is 28.8 Å². The van der Waals surface area contributed by atoms with Crippen LogP contribution in [0.1, 0.15) is 86.0 Å². The molecule has 0 aromatic carbocycles. The average Bonchev–Trinajstić information content (AvgIpc) is 3.27. The van der Waals surface area contributed by atoms with E-state index in [0.29, 0.717) is 18.9 Å². The number of unbranched alkanes of at least 4 members (excludes halogenated alkanes) is 1. The molecular formula is C26H47N5O4S. The Hall–Kier alpha value is -1.97. The molecule has 0 unspecified atom stereocenters. The summed E-state index contributed by atoms with van der Waals surface area (Å²) in [5.41, 5.74) is 5.81. The van der Waals surface area contributed by atoms with Crippen molar-refractivity contribution in [2.45, 2.75) is 109 Å². The second-order valence-electron chi connectivity index (χ2n) is 11.0. The highest BCUT2D eigenvalue weighted by Gasteiger charge is 2.47. The molecular weight excluding hydrogens is 478 g/mol. The molecule has 1 aliphatic carbocycles. The quantitative estimate of drug-likeness (QED) is 0.174. The van der Waals surface area contributed by atoms with Gasteiger partial charge in [-0.25, -0.2) is 4.79 Å². The van der Waals surface area contributed by atoms with E-state index in [1.807, 2.05) is 13.8 Å². The highest BCUT2D eigenvalue weighted by molar-refractivity contribution is 8.00. The molecule has 1 saturated heterocycles. The maximum absolute atomic E-state index is 14.0. The standard InChI is InChI=1S/C26H47N5O4S/c1-6-7-13-36-26(4,5)21(30-25(34)35-17(2)3)24(33)31-16-19(22(27)28)14-20(31)23(32)29-15-18-11-9-8-10-12-18/h17-21H,6-16H2,1-5H3,(H3,27,28)(H,29,32)(H,30,34)/t19-,20+,21+/m1/s1. The van der Waals surface area contributed by atoms with Crippen LogP contribution in [-0.4, -0.2) is 70.4 Å². The normalized spacial score (nSPS) is 21.8. The molecule has 206 valence electrons. The Labute approximate surface area is 220 Å². The van der Waals surface area contributed by atoms with E-state index in [4.69, 9.17) is 15.9 Å². The monoisotopic (exact) mass is 525 g/mol. The minimum absolute atomic E-state index is 0.0318. The number of hydrogen-bond donors (Lipinski definition) is 4. The Kier molecular flexibility index (Phi) is 11.8. The van der Waals surface area contributed by atoms with Crippen molar-refractivity contribution < 1.29 is 19.1 Å². The van der Waals surface area contributed by atoms with Crippen LogP contribution in [0.2, 0.25) is 0 Å². The van der Waals surface area contributed by atoms with Crippen LogP contribution < -0.4 is 16.4 Å². The van der Waals surface area contributed by atoms with Crippen LogP contribution >= 0.6 is 11.8 Å². The molecule has 3 atom stereocenters. The SMILES string of the molecule is CCCCSC(C)(C)[C@@H](NC(=O)OC(C)C)C(=O)N1C[C@H](C(=N)N)C[C@H]1C(=O)NCC1CCCCC1. The number of rotatable bonds is 12. The third kappa shape index (κ3) is 8.85. The van der Waals surface area contributed by atoms with Gasteiger partial charge in [0, 0.05) is 23.8 Å². The Balaban J connectivity index is 2.23. The number of carbonyl (C=O) groups excluding carboxylic acids is 3. The van der Waals surface area contributed by atoms with Gasteiger partial charge in [-0.15, -0.1) is 0 Å². The molecule has 1 heterocycles. The summed E-state index contributed by atoms with van der Waals surface area (Å²) in [6.45, 7) is 10.3. The third-order valence-corrected chi connectivity index (χ3v) is 8.61. The summed E-state index contributed by atoms with van der Waals surface area (Å²) in [4.78, 5) is 41.4. The first-order chi connectivity index (χ1) is 17.0. The Bertz CT molecular complexity index is 769. The molecule has 0 aromatic rings. The van der Waals surface area contributed by atoms with E-state index in [2.05, 4.69) is 17.6 Å². The highest BCUT2D eigenvalue weighted by Crippen LogP contribution is 2.33. The van der Waals surface area contributed by atoms with Crippen LogP contribution in [0.3, 0.4) is 0 Å². The molecule has 1 saturated carbocycles. The number of nitrogens with two attached hydrogens (primary N) is 1. The van der Waals surface area contributed by atoms with Gasteiger partial charge in [0.1, 0.15) is 12.1 Å². The molecule has 5 N–H and O–H groups in total. The number of amides is 3. The molecule has 2 fully saturated rings. The van der Waals surface area contributed by atoms with Crippen LogP contribution in [0.4, 0.5) is 4.79 Å². The molecule has 10 heteroatoms. The van der Waals surface area contributed by atoms with E-state index in [-0.39, 0.29) is 30.3 Å². The average molecular weight is 526 g/mol. The summed E-state index contributed by atoms with van der Waals surface area (Å²) < 4.78 is 4.65. The van der Waals surface area contributed by atoms with Gasteiger partial charge in [0.15, 0.2) is 0 Å². The van der Waals surface area contributed by atoms with Gasteiger partial charge in [0.25, 0.3) is 0 Å². The lowest BCUT2D eigenvalue weighted by atomic mass is 9.89. The zero-order chi connectivity index (χ0) is 26.9. The number of nitrogens with one attached hydrogen (secondary N) is 3. The van der Waals surface area contributed by atoms with Crippen LogP contribution in [0.5, 0.6) is 0 Å². The molecule has 9 nitrogen and oxygen atoms in total. The summed E-state index contributed by atoms with van der Waals surface area (Å²) in [5, 5.41) is 13.8. The Morgan fingerprint density at radius 2 is 1.86 bits per heavy atom. The van der Waals surface area contributed by atoms with Gasteiger partial charge in [-0.05, 0) is 65.0 Å². The van der Waals surface area contributed by atoms with Crippen molar-refractivity contribution in [3.63, 3.8) is 0 Å². The molecule has 0 radical (unpaired) electrons. The minimum atomic E-state index is -0.898. The lowest BCUT2D eigenvalue weighted by molar-refractivity contribution is -0.140. The van der Waals surface area contributed by atoms with E-state index >= 15 is 0 Å². The van der Waals surface area contributed by atoms with Crippen molar-refractivity contribution >= 4 is 35.5 Å². The summed E-state index contributed by atoms with van der Waals surface area (Å²) in [6, 6.07) is -1.62. The largest absolute Gasteiger partial charge is 0.447 e. The predicted octanol–water partition coefficient (Wildman–Crippen LogP) is 3.65. The zero-order valence-electron chi connectivity index (χ0n) is 22.7. The van der Waals surface area contributed by atoms with Crippen LogP contribution in [0.25, 0.3) is 0 Å². The van der Waals surface area contributed by atoms with E-state index in [0.717, 1.165) is 31.4 Å². The Morgan fingerprint density at radius 3 is 2.44 bits per heavy atom. The van der Waals surface area contributed by atoms with Gasteiger partial charge < -0.3 is 26.0 Å². The topological polar surface area (TPSA) is 138 Å². The first kappa shape index (κ1) is 30.3. The molecule has 0 aromatic heterocycles. The van der Waals surface area contributed by atoms with E-state index in [1.54, 1.807) is 25.6 Å². The van der Waals surface area contributed by atoms with E-state index in [1.165, 1.54) is 24.2 Å². The predicted molar refractivity (Wildman–Crippen MR) is 145 cm³/mol. The van der Waals surface area contributed by atoms with Crippen molar-refractivity contribution in [1.29, 1.82) is 5.41 Å². The molecule has 0 bridgehead atoms. The Morgan fingerprint density at radius 1 is 1.19 bits per heavy atom. The second-order valence-corrected chi connectivity index (χ2v) is 12.7. The summed E-state index contributed by atoms with van der Waals surface area (Å²) in [7, 11) is 0. The van der Waals surface area contributed by atoms with Crippen molar-refractivity contribution in [2.75, 3.05) is 18.8 Å². The molecule has 36 heavy (non-hydrogen) atoms. The van der Waals surface area contributed by atoms with Crippen molar-refractivity contribution in [3.8, 4) is 0 Å². The molecule has 2 rings (SSSR count). The zero-order valence-corrected chi connectivity index (χ0v) is 23.5. The number of thioether (sulfide) groups is 1. The van der Waals surface area contributed by atoms with Gasteiger partial charge in [0.05, 0.1) is 11.9 Å². The van der Waals surface area contributed by atoms with Crippen molar-refractivity contribution in [3.05, 3.63) is 0 Å². The number of nitrogens with zero attached hydrogens (tertiary/aromatic N) is 1. The van der Waals surface area contributed by atoms with Crippen LogP contribution in [-0.2, 0) is 14.3 Å². The first-order valence-electron chi connectivity index (χ1n) is 13.5. The number of alkyl carbamates (subject to hydrolysis) is 1. The lowest BCUT2D eigenvalue weighted by Gasteiger charge is -2.37.